The molecule has 0 saturated carbocycles. The summed E-state index contributed by atoms with van der Waals surface area (Å²) in [4.78, 5) is 0. The first-order valence-electron chi connectivity index (χ1n) is 6.12. The van der Waals surface area contributed by atoms with Gasteiger partial charge in [-0.3, -0.25) is 0 Å². The second kappa shape index (κ2) is 6.37. The SMILES string of the molecule is OC(Cc1ccc(Cl)cc1)c1ccccc1OC(F)(F)F. The van der Waals surface area contributed by atoms with Gasteiger partial charge >= 0.3 is 6.36 Å². The Kier molecular flexibility index (Phi) is 4.75. The number of hydrogen-bond donors (Lipinski definition) is 1. The van der Waals surface area contributed by atoms with Crippen LogP contribution in [0.5, 0.6) is 5.75 Å². The Hall–Kier alpha value is -1.72. The van der Waals surface area contributed by atoms with Gasteiger partial charge in [0.1, 0.15) is 5.75 Å². The normalized spacial score (nSPS) is 13.0. The molecule has 2 aromatic rings. The molecule has 1 N–H and O–H groups in total. The molecule has 0 aliphatic carbocycles. The Morgan fingerprint density at radius 1 is 1.05 bits per heavy atom. The highest BCUT2D eigenvalue weighted by Gasteiger charge is 2.32. The van der Waals surface area contributed by atoms with E-state index in [0.717, 1.165) is 5.56 Å². The minimum absolute atomic E-state index is 0.0878. The standard InChI is InChI=1S/C15H12ClF3O2/c16-11-7-5-10(6-8-11)9-13(20)12-3-1-2-4-14(12)21-15(17,18)19/h1-8,13,20H,9H2. The van der Waals surface area contributed by atoms with Crippen molar-refractivity contribution in [2.75, 3.05) is 0 Å². The van der Waals surface area contributed by atoms with Crippen LogP contribution in [0.2, 0.25) is 5.02 Å². The third-order valence-corrected chi connectivity index (χ3v) is 3.10. The van der Waals surface area contributed by atoms with Crippen molar-refractivity contribution >= 4 is 11.6 Å². The van der Waals surface area contributed by atoms with Crippen molar-refractivity contribution in [1.82, 2.24) is 0 Å². The van der Waals surface area contributed by atoms with Gasteiger partial charge in [0.25, 0.3) is 0 Å². The predicted molar refractivity (Wildman–Crippen MR) is 73.2 cm³/mol. The average Bonchev–Trinajstić information content (AvgIpc) is 2.40. The molecule has 0 aromatic heterocycles. The van der Waals surface area contributed by atoms with Gasteiger partial charge in [0.2, 0.25) is 0 Å². The lowest BCUT2D eigenvalue weighted by molar-refractivity contribution is -0.275. The summed E-state index contributed by atoms with van der Waals surface area (Å²) >= 11 is 5.76. The van der Waals surface area contributed by atoms with Crippen molar-refractivity contribution in [2.24, 2.45) is 0 Å². The second-order valence-corrected chi connectivity index (χ2v) is 4.87. The van der Waals surface area contributed by atoms with Crippen LogP contribution in [0.1, 0.15) is 17.2 Å². The minimum Gasteiger partial charge on any atom is -0.405 e. The van der Waals surface area contributed by atoms with E-state index in [-0.39, 0.29) is 12.0 Å². The first-order chi connectivity index (χ1) is 9.85. The lowest BCUT2D eigenvalue weighted by Crippen LogP contribution is -2.19. The van der Waals surface area contributed by atoms with Crippen LogP contribution in [0.4, 0.5) is 13.2 Å². The lowest BCUT2D eigenvalue weighted by Gasteiger charge is -2.17. The third kappa shape index (κ3) is 4.65. The maximum Gasteiger partial charge on any atom is 0.573 e. The largest absolute Gasteiger partial charge is 0.573 e. The van der Waals surface area contributed by atoms with Crippen LogP contribution in [0.15, 0.2) is 48.5 Å². The third-order valence-electron chi connectivity index (χ3n) is 2.85. The van der Waals surface area contributed by atoms with Gasteiger partial charge in [0.05, 0.1) is 6.10 Å². The number of hydrogen-bond acceptors (Lipinski definition) is 2. The van der Waals surface area contributed by atoms with Gasteiger partial charge in [-0.05, 0) is 23.8 Å². The number of benzene rings is 2. The van der Waals surface area contributed by atoms with Crippen LogP contribution < -0.4 is 4.74 Å². The average molecular weight is 317 g/mol. The van der Waals surface area contributed by atoms with Crippen molar-refractivity contribution in [3.8, 4) is 5.75 Å². The van der Waals surface area contributed by atoms with Crippen molar-refractivity contribution in [3.05, 3.63) is 64.7 Å². The van der Waals surface area contributed by atoms with Gasteiger partial charge in [-0.25, -0.2) is 0 Å². The highest BCUT2D eigenvalue weighted by molar-refractivity contribution is 6.30. The van der Waals surface area contributed by atoms with Gasteiger partial charge in [-0.2, -0.15) is 0 Å². The molecular formula is C15H12ClF3O2. The summed E-state index contributed by atoms with van der Waals surface area (Å²) in [6.45, 7) is 0. The summed E-state index contributed by atoms with van der Waals surface area (Å²) in [6, 6.07) is 12.3. The molecule has 2 aromatic carbocycles. The molecule has 0 spiro atoms. The van der Waals surface area contributed by atoms with Crippen LogP contribution in [0.25, 0.3) is 0 Å². The molecule has 2 rings (SSSR count). The summed E-state index contributed by atoms with van der Waals surface area (Å²) < 4.78 is 40.9. The van der Waals surface area contributed by atoms with Crippen molar-refractivity contribution < 1.29 is 23.0 Å². The minimum atomic E-state index is -4.80. The zero-order valence-electron chi connectivity index (χ0n) is 10.8. The molecule has 0 aliphatic heterocycles. The van der Waals surface area contributed by atoms with E-state index in [4.69, 9.17) is 11.6 Å². The first kappa shape index (κ1) is 15.7. The lowest BCUT2D eigenvalue weighted by atomic mass is 10.0. The molecule has 21 heavy (non-hydrogen) atoms. The molecular weight excluding hydrogens is 305 g/mol. The van der Waals surface area contributed by atoms with Gasteiger partial charge in [-0.15, -0.1) is 13.2 Å². The van der Waals surface area contributed by atoms with E-state index >= 15 is 0 Å². The zero-order valence-corrected chi connectivity index (χ0v) is 11.5. The molecule has 1 atom stereocenters. The Morgan fingerprint density at radius 2 is 1.67 bits per heavy atom. The highest BCUT2D eigenvalue weighted by atomic mass is 35.5. The molecule has 0 amide bonds. The van der Waals surface area contributed by atoms with E-state index in [9.17, 15) is 18.3 Å². The molecule has 2 nitrogen and oxygen atoms in total. The summed E-state index contributed by atoms with van der Waals surface area (Å²) in [7, 11) is 0. The molecule has 0 aliphatic rings. The molecule has 0 heterocycles. The Bertz CT molecular complexity index is 597. The van der Waals surface area contributed by atoms with Gasteiger partial charge in [0.15, 0.2) is 0 Å². The summed E-state index contributed by atoms with van der Waals surface area (Å²) in [6.07, 6.45) is -5.74. The maximum atomic E-state index is 12.3. The Labute approximate surface area is 124 Å². The quantitative estimate of drug-likeness (QED) is 0.899. The van der Waals surface area contributed by atoms with E-state index in [1.807, 2.05) is 0 Å². The number of para-hydroxylation sites is 1. The van der Waals surface area contributed by atoms with E-state index in [1.165, 1.54) is 18.2 Å². The van der Waals surface area contributed by atoms with E-state index in [1.54, 1.807) is 30.3 Å². The number of alkyl halides is 3. The molecule has 0 radical (unpaired) electrons. The zero-order chi connectivity index (χ0) is 15.5. The van der Waals surface area contributed by atoms with Crippen LogP contribution in [0, 0.1) is 0 Å². The van der Waals surface area contributed by atoms with Gasteiger partial charge < -0.3 is 9.84 Å². The van der Waals surface area contributed by atoms with Gasteiger partial charge in [-0.1, -0.05) is 41.9 Å². The fourth-order valence-electron chi connectivity index (χ4n) is 1.93. The fraction of sp³-hybridized carbons (Fsp3) is 0.200. The fourth-order valence-corrected chi connectivity index (χ4v) is 2.05. The van der Waals surface area contributed by atoms with Crippen molar-refractivity contribution in [1.29, 1.82) is 0 Å². The predicted octanol–water partition coefficient (Wildman–Crippen LogP) is 4.51. The topological polar surface area (TPSA) is 29.5 Å². The summed E-state index contributed by atoms with van der Waals surface area (Å²) in [5, 5.41) is 10.7. The smallest absolute Gasteiger partial charge is 0.405 e. The van der Waals surface area contributed by atoms with Crippen LogP contribution in [-0.2, 0) is 6.42 Å². The maximum absolute atomic E-state index is 12.3. The van der Waals surface area contributed by atoms with E-state index in [2.05, 4.69) is 4.74 Å². The monoisotopic (exact) mass is 316 g/mol. The molecule has 112 valence electrons. The number of halogens is 4. The Balaban J connectivity index is 2.18. The number of aliphatic hydroxyl groups excluding tert-OH is 1. The van der Waals surface area contributed by atoms with Crippen LogP contribution in [0.3, 0.4) is 0 Å². The summed E-state index contributed by atoms with van der Waals surface area (Å²) in [5.74, 6) is -0.397. The first-order valence-corrected chi connectivity index (χ1v) is 6.50. The molecule has 0 saturated heterocycles. The van der Waals surface area contributed by atoms with Crippen LogP contribution >= 0.6 is 11.6 Å². The van der Waals surface area contributed by atoms with Gasteiger partial charge in [0, 0.05) is 17.0 Å². The Morgan fingerprint density at radius 3 is 2.29 bits per heavy atom. The van der Waals surface area contributed by atoms with Crippen molar-refractivity contribution in [2.45, 2.75) is 18.9 Å². The summed E-state index contributed by atoms with van der Waals surface area (Å²) in [5.41, 5.74) is 0.846. The van der Waals surface area contributed by atoms with E-state index < -0.39 is 18.2 Å². The number of rotatable bonds is 4. The molecule has 0 bridgehead atoms. The van der Waals surface area contributed by atoms with Crippen molar-refractivity contribution in [3.63, 3.8) is 0 Å². The van der Waals surface area contributed by atoms with Crippen LogP contribution in [-0.4, -0.2) is 11.5 Å². The van der Waals surface area contributed by atoms with E-state index in [0.29, 0.717) is 5.02 Å². The second-order valence-electron chi connectivity index (χ2n) is 4.43. The molecule has 1 unspecified atom stereocenters. The number of ether oxygens (including phenoxy) is 1. The highest BCUT2D eigenvalue weighted by Crippen LogP contribution is 2.31. The number of aliphatic hydroxyl groups is 1. The molecule has 0 fully saturated rings. The molecule has 6 heteroatoms.